The van der Waals surface area contributed by atoms with Crippen molar-refractivity contribution in [3.05, 3.63) is 42.1 Å². The summed E-state index contributed by atoms with van der Waals surface area (Å²) in [5.74, 6) is 1.42. The Labute approximate surface area is 107 Å². The monoisotopic (exact) mass is 242 g/mol. The van der Waals surface area contributed by atoms with E-state index in [1.807, 2.05) is 19.2 Å². The lowest BCUT2D eigenvalue weighted by Gasteiger charge is -2.11. The van der Waals surface area contributed by atoms with Crippen LogP contribution < -0.4 is 10.6 Å². The molecule has 4 nitrogen and oxygen atoms in total. The van der Waals surface area contributed by atoms with Crippen LogP contribution >= 0.6 is 0 Å². The smallest absolute Gasteiger partial charge is 0.224 e. The van der Waals surface area contributed by atoms with Crippen molar-refractivity contribution in [3.8, 4) is 0 Å². The van der Waals surface area contributed by atoms with E-state index >= 15 is 0 Å². The lowest BCUT2D eigenvalue weighted by atomic mass is 10.1. The summed E-state index contributed by atoms with van der Waals surface area (Å²) in [5, 5.41) is 6.27. The summed E-state index contributed by atoms with van der Waals surface area (Å²) in [6.45, 7) is 2.18. The molecule has 0 spiro atoms. The van der Waals surface area contributed by atoms with Gasteiger partial charge in [-0.1, -0.05) is 31.5 Å². The number of rotatable bonds is 5. The van der Waals surface area contributed by atoms with Crippen molar-refractivity contribution < 1.29 is 0 Å². The van der Waals surface area contributed by atoms with Crippen molar-refractivity contribution in [2.75, 3.05) is 17.7 Å². The maximum Gasteiger partial charge on any atom is 0.224 e. The summed E-state index contributed by atoms with van der Waals surface area (Å²) in [5.41, 5.74) is 2.42. The highest BCUT2D eigenvalue weighted by Crippen LogP contribution is 2.21. The van der Waals surface area contributed by atoms with Crippen LogP contribution in [0.3, 0.4) is 0 Å². The standard InChI is InChI=1S/C14H18N4/c1-3-6-11-7-4-5-8-12(11)17-13-9-10-16-14(15-2)18-13/h4-5,7-10H,3,6H2,1-2H3,(H2,15,16,17,18). The van der Waals surface area contributed by atoms with Crippen LogP contribution in [0.15, 0.2) is 36.5 Å². The molecule has 0 saturated heterocycles. The van der Waals surface area contributed by atoms with Gasteiger partial charge in [0.25, 0.3) is 0 Å². The molecule has 0 fully saturated rings. The average molecular weight is 242 g/mol. The van der Waals surface area contributed by atoms with E-state index in [1.54, 1.807) is 6.20 Å². The molecular formula is C14H18N4. The number of para-hydroxylation sites is 1. The first-order valence-electron chi connectivity index (χ1n) is 6.19. The first-order valence-corrected chi connectivity index (χ1v) is 6.19. The topological polar surface area (TPSA) is 49.8 Å². The Hall–Kier alpha value is -2.10. The maximum absolute atomic E-state index is 4.35. The second-order valence-corrected chi connectivity index (χ2v) is 4.05. The van der Waals surface area contributed by atoms with Crippen LogP contribution in [-0.2, 0) is 6.42 Å². The number of hydrogen-bond acceptors (Lipinski definition) is 4. The third-order valence-electron chi connectivity index (χ3n) is 2.68. The highest BCUT2D eigenvalue weighted by molar-refractivity contribution is 5.61. The van der Waals surface area contributed by atoms with Crippen molar-refractivity contribution in [1.82, 2.24) is 9.97 Å². The fraction of sp³-hybridized carbons (Fsp3) is 0.286. The molecule has 1 aromatic carbocycles. The molecule has 0 aliphatic carbocycles. The van der Waals surface area contributed by atoms with Crippen molar-refractivity contribution in [3.63, 3.8) is 0 Å². The minimum Gasteiger partial charge on any atom is -0.357 e. The number of aryl methyl sites for hydroxylation is 1. The molecule has 0 saturated carbocycles. The Morgan fingerprint density at radius 1 is 1.17 bits per heavy atom. The fourth-order valence-electron chi connectivity index (χ4n) is 1.82. The normalized spacial score (nSPS) is 10.1. The zero-order valence-electron chi connectivity index (χ0n) is 10.8. The molecule has 1 heterocycles. The fourth-order valence-corrected chi connectivity index (χ4v) is 1.82. The number of benzene rings is 1. The predicted octanol–water partition coefficient (Wildman–Crippen LogP) is 3.21. The molecule has 2 rings (SSSR count). The van der Waals surface area contributed by atoms with E-state index in [0.29, 0.717) is 5.95 Å². The summed E-state index contributed by atoms with van der Waals surface area (Å²) < 4.78 is 0. The van der Waals surface area contributed by atoms with Crippen molar-refractivity contribution >= 4 is 17.5 Å². The summed E-state index contributed by atoms with van der Waals surface area (Å²) in [7, 11) is 1.81. The highest BCUT2D eigenvalue weighted by Gasteiger charge is 2.02. The van der Waals surface area contributed by atoms with Gasteiger partial charge in [0.05, 0.1) is 0 Å². The van der Waals surface area contributed by atoms with E-state index in [9.17, 15) is 0 Å². The number of nitrogens with one attached hydrogen (secondary N) is 2. The van der Waals surface area contributed by atoms with Gasteiger partial charge in [0.15, 0.2) is 0 Å². The van der Waals surface area contributed by atoms with Gasteiger partial charge >= 0.3 is 0 Å². The Bertz CT molecular complexity index is 511. The van der Waals surface area contributed by atoms with Gasteiger partial charge in [-0.05, 0) is 24.1 Å². The first kappa shape index (κ1) is 12.4. The van der Waals surface area contributed by atoms with Crippen molar-refractivity contribution in [2.24, 2.45) is 0 Å². The molecule has 0 amide bonds. The zero-order valence-corrected chi connectivity index (χ0v) is 10.8. The van der Waals surface area contributed by atoms with Crippen LogP contribution in [-0.4, -0.2) is 17.0 Å². The Kier molecular flexibility index (Phi) is 4.12. The van der Waals surface area contributed by atoms with E-state index in [-0.39, 0.29) is 0 Å². The van der Waals surface area contributed by atoms with E-state index in [4.69, 9.17) is 0 Å². The van der Waals surface area contributed by atoms with Crippen LogP contribution in [0, 0.1) is 0 Å². The van der Waals surface area contributed by atoms with Crippen LogP contribution in [0.2, 0.25) is 0 Å². The average Bonchev–Trinajstić information content (AvgIpc) is 2.41. The molecule has 0 radical (unpaired) electrons. The lowest BCUT2D eigenvalue weighted by Crippen LogP contribution is -2.01. The van der Waals surface area contributed by atoms with Gasteiger partial charge < -0.3 is 10.6 Å². The highest BCUT2D eigenvalue weighted by atomic mass is 15.1. The molecule has 0 bridgehead atoms. The largest absolute Gasteiger partial charge is 0.357 e. The van der Waals surface area contributed by atoms with Crippen molar-refractivity contribution in [2.45, 2.75) is 19.8 Å². The minimum absolute atomic E-state index is 0.618. The molecule has 0 aliphatic heterocycles. The predicted molar refractivity (Wildman–Crippen MR) is 75.3 cm³/mol. The number of hydrogen-bond donors (Lipinski definition) is 2. The van der Waals surface area contributed by atoms with Gasteiger partial charge in [0.2, 0.25) is 5.95 Å². The van der Waals surface area contributed by atoms with Crippen molar-refractivity contribution in [1.29, 1.82) is 0 Å². The van der Waals surface area contributed by atoms with Gasteiger partial charge in [-0.2, -0.15) is 4.98 Å². The van der Waals surface area contributed by atoms with Gasteiger partial charge in [-0.25, -0.2) is 4.98 Å². The number of nitrogens with zero attached hydrogens (tertiary/aromatic N) is 2. The van der Waals surface area contributed by atoms with Crippen LogP contribution in [0.25, 0.3) is 0 Å². The Balaban J connectivity index is 2.22. The second kappa shape index (κ2) is 6.00. The second-order valence-electron chi connectivity index (χ2n) is 4.05. The SMILES string of the molecule is CCCc1ccccc1Nc1ccnc(NC)n1. The molecule has 0 aliphatic rings. The summed E-state index contributed by atoms with van der Waals surface area (Å²) >= 11 is 0. The molecule has 4 heteroatoms. The number of aromatic nitrogens is 2. The zero-order chi connectivity index (χ0) is 12.8. The molecule has 2 aromatic rings. The van der Waals surface area contributed by atoms with Crippen LogP contribution in [0.4, 0.5) is 17.5 Å². The molecule has 18 heavy (non-hydrogen) atoms. The third kappa shape index (κ3) is 2.97. The summed E-state index contributed by atoms with van der Waals surface area (Å²) in [4.78, 5) is 8.45. The van der Waals surface area contributed by atoms with E-state index in [2.05, 4.69) is 45.7 Å². The Morgan fingerprint density at radius 3 is 2.78 bits per heavy atom. The van der Waals surface area contributed by atoms with Crippen LogP contribution in [0.1, 0.15) is 18.9 Å². The van der Waals surface area contributed by atoms with Gasteiger partial charge in [0.1, 0.15) is 5.82 Å². The summed E-state index contributed by atoms with van der Waals surface area (Å²) in [6.07, 6.45) is 3.93. The molecule has 0 atom stereocenters. The first-order chi connectivity index (χ1) is 8.83. The van der Waals surface area contributed by atoms with Gasteiger partial charge in [-0.3, -0.25) is 0 Å². The molecule has 1 aromatic heterocycles. The lowest BCUT2D eigenvalue weighted by molar-refractivity contribution is 0.923. The minimum atomic E-state index is 0.618. The summed E-state index contributed by atoms with van der Waals surface area (Å²) in [6, 6.07) is 10.2. The molecule has 94 valence electrons. The van der Waals surface area contributed by atoms with E-state index in [1.165, 1.54) is 5.56 Å². The van der Waals surface area contributed by atoms with Crippen LogP contribution in [0.5, 0.6) is 0 Å². The van der Waals surface area contributed by atoms with Gasteiger partial charge in [-0.15, -0.1) is 0 Å². The number of anilines is 3. The Morgan fingerprint density at radius 2 is 2.00 bits per heavy atom. The molecule has 0 unspecified atom stereocenters. The quantitative estimate of drug-likeness (QED) is 0.845. The maximum atomic E-state index is 4.35. The van der Waals surface area contributed by atoms with E-state index < -0.39 is 0 Å². The van der Waals surface area contributed by atoms with E-state index in [0.717, 1.165) is 24.3 Å². The molecule has 2 N–H and O–H groups in total. The third-order valence-corrected chi connectivity index (χ3v) is 2.68. The van der Waals surface area contributed by atoms with Gasteiger partial charge in [0, 0.05) is 18.9 Å². The molecular weight excluding hydrogens is 224 g/mol.